The van der Waals surface area contributed by atoms with Crippen molar-refractivity contribution in [2.45, 2.75) is 13.1 Å². The molecule has 0 aliphatic rings. The lowest BCUT2D eigenvalue weighted by Crippen LogP contribution is -2.38. The zero-order chi connectivity index (χ0) is 25.3. The number of hydrogen-bond donors (Lipinski definition) is 8. The lowest BCUT2D eigenvalue weighted by Gasteiger charge is -2.29. The van der Waals surface area contributed by atoms with Gasteiger partial charge in [-0.15, -0.1) is 0 Å². The van der Waals surface area contributed by atoms with E-state index in [-0.39, 0.29) is 76.5 Å². The second-order valence-corrected chi connectivity index (χ2v) is 8.81. The maximum Gasteiger partial charge on any atom is 0.0730 e. The van der Waals surface area contributed by atoms with Gasteiger partial charge in [-0.05, 0) is 0 Å². The van der Waals surface area contributed by atoms with Crippen LogP contribution in [0.5, 0.6) is 0 Å². The van der Waals surface area contributed by atoms with Crippen LogP contribution in [0, 0.1) is 23.7 Å². The normalized spacial score (nSPS) is 12.4. The summed E-state index contributed by atoms with van der Waals surface area (Å²) in [6.07, 6.45) is 3.18. The number of rotatable bonds is 20. The van der Waals surface area contributed by atoms with Crippen molar-refractivity contribution in [3.63, 3.8) is 0 Å². The Hall–Kier alpha value is -1.32. The summed E-state index contributed by atoms with van der Waals surface area (Å²) in [4.78, 5) is 12.7. The first-order chi connectivity index (χ1) is 16.5. The largest absolute Gasteiger partial charge is 0.396 e. The molecular weight excluding hydrogens is 448 g/mol. The van der Waals surface area contributed by atoms with Crippen LogP contribution < -0.4 is 0 Å². The predicted molar refractivity (Wildman–Crippen MR) is 123 cm³/mol. The molecule has 34 heavy (non-hydrogen) atoms. The summed E-state index contributed by atoms with van der Waals surface area (Å²) in [6, 6.07) is 0. The quantitative estimate of drug-likeness (QED) is 0.0899. The third kappa shape index (κ3) is 11.4. The van der Waals surface area contributed by atoms with Crippen LogP contribution in [-0.4, -0.2) is 140 Å². The Kier molecular flexibility index (Phi) is 16.3. The van der Waals surface area contributed by atoms with Gasteiger partial charge in [-0.1, -0.05) is 0 Å². The maximum absolute atomic E-state index is 9.47. The molecule has 0 bridgehead atoms. The van der Waals surface area contributed by atoms with E-state index in [0.29, 0.717) is 50.7 Å². The second kappa shape index (κ2) is 18.0. The Balaban J connectivity index is 3.00. The molecule has 0 spiro atoms. The fourth-order valence-corrected chi connectivity index (χ4v) is 3.62. The Morgan fingerprint density at radius 2 is 0.765 bits per heavy atom. The lowest BCUT2D eigenvalue weighted by molar-refractivity contribution is 0.0702. The van der Waals surface area contributed by atoms with Crippen molar-refractivity contribution in [1.29, 1.82) is 0 Å². The minimum Gasteiger partial charge on any atom is -0.396 e. The molecular formula is C22H42N4O8. The average Bonchev–Trinajstić information content (AvgIpc) is 2.87. The van der Waals surface area contributed by atoms with Gasteiger partial charge in [0.25, 0.3) is 0 Å². The summed E-state index contributed by atoms with van der Waals surface area (Å²) in [5.41, 5.74) is 1.23. The molecule has 1 heterocycles. The second-order valence-electron chi connectivity index (χ2n) is 8.81. The first kappa shape index (κ1) is 30.7. The highest BCUT2D eigenvalue weighted by molar-refractivity contribution is 5.04. The fourth-order valence-electron chi connectivity index (χ4n) is 3.62. The lowest BCUT2D eigenvalue weighted by atomic mass is 10.1. The number of aliphatic hydroxyl groups is 8. The van der Waals surface area contributed by atoms with Crippen molar-refractivity contribution < 1.29 is 40.9 Å². The Bertz CT molecular complexity index is 551. The molecule has 0 saturated heterocycles. The molecule has 1 aromatic heterocycles. The molecule has 0 fully saturated rings. The van der Waals surface area contributed by atoms with Gasteiger partial charge in [0, 0.05) is 128 Å². The predicted octanol–water partition coefficient (Wildman–Crippen LogP) is -3.52. The van der Waals surface area contributed by atoms with Gasteiger partial charge in [-0.3, -0.25) is 19.8 Å². The van der Waals surface area contributed by atoms with E-state index in [0.717, 1.165) is 0 Å². The van der Waals surface area contributed by atoms with E-state index in [1.54, 1.807) is 12.4 Å². The van der Waals surface area contributed by atoms with Gasteiger partial charge in [-0.25, -0.2) is 0 Å². The van der Waals surface area contributed by atoms with Crippen molar-refractivity contribution in [3.05, 3.63) is 23.8 Å². The van der Waals surface area contributed by atoms with Crippen LogP contribution in [0.2, 0.25) is 0 Å². The highest BCUT2D eigenvalue weighted by Crippen LogP contribution is 2.12. The van der Waals surface area contributed by atoms with Gasteiger partial charge < -0.3 is 40.9 Å². The first-order valence-electron chi connectivity index (χ1n) is 11.6. The summed E-state index contributed by atoms with van der Waals surface area (Å²) in [5, 5.41) is 75.7. The Labute approximate surface area is 200 Å². The molecule has 198 valence electrons. The van der Waals surface area contributed by atoms with Gasteiger partial charge in [0.2, 0.25) is 0 Å². The molecule has 0 amide bonds. The summed E-state index contributed by atoms with van der Waals surface area (Å²) in [6.45, 7) is 0.359. The highest BCUT2D eigenvalue weighted by atomic mass is 16.3. The van der Waals surface area contributed by atoms with Crippen LogP contribution in [0.3, 0.4) is 0 Å². The Morgan fingerprint density at radius 1 is 0.500 bits per heavy atom. The van der Waals surface area contributed by atoms with E-state index >= 15 is 0 Å². The molecule has 0 radical (unpaired) electrons. The van der Waals surface area contributed by atoms with Crippen LogP contribution in [-0.2, 0) is 13.1 Å². The molecule has 0 aromatic carbocycles. The Morgan fingerprint density at radius 3 is 1.00 bits per heavy atom. The van der Waals surface area contributed by atoms with Crippen molar-refractivity contribution in [2.75, 3.05) is 79.0 Å². The van der Waals surface area contributed by atoms with Gasteiger partial charge in [0.1, 0.15) is 0 Å². The maximum atomic E-state index is 9.47. The molecule has 12 nitrogen and oxygen atoms in total. The summed E-state index contributed by atoms with van der Waals surface area (Å²) in [5.74, 6) is -1.53. The molecule has 12 heteroatoms. The summed E-state index contributed by atoms with van der Waals surface area (Å²) >= 11 is 0. The van der Waals surface area contributed by atoms with Crippen molar-refractivity contribution in [3.8, 4) is 0 Å². The van der Waals surface area contributed by atoms with Gasteiger partial charge in [0.15, 0.2) is 0 Å². The van der Waals surface area contributed by atoms with E-state index in [4.69, 9.17) is 0 Å². The molecule has 0 aliphatic carbocycles. The minimum atomic E-state index is -0.382. The van der Waals surface area contributed by atoms with Crippen molar-refractivity contribution >= 4 is 0 Å². The average molecular weight is 491 g/mol. The van der Waals surface area contributed by atoms with Crippen LogP contribution in [0.25, 0.3) is 0 Å². The van der Waals surface area contributed by atoms with Crippen LogP contribution in [0.1, 0.15) is 11.4 Å². The van der Waals surface area contributed by atoms with Gasteiger partial charge in [-0.2, -0.15) is 0 Å². The fraction of sp³-hybridized carbons (Fsp3) is 0.818. The third-order valence-electron chi connectivity index (χ3n) is 5.64. The minimum absolute atomic E-state index is 0.204. The number of hydrogen-bond acceptors (Lipinski definition) is 12. The zero-order valence-corrected chi connectivity index (χ0v) is 19.7. The van der Waals surface area contributed by atoms with E-state index in [9.17, 15) is 40.9 Å². The van der Waals surface area contributed by atoms with Gasteiger partial charge >= 0.3 is 0 Å². The third-order valence-corrected chi connectivity index (χ3v) is 5.64. The van der Waals surface area contributed by atoms with Crippen LogP contribution in [0.4, 0.5) is 0 Å². The SMILES string of the molecule is OCC(CO)CN(Cc1cncc(CN(CC(CO)CO)CC(CO)CO)n1)CC(CO)CO. The highest BCUT2D eigenvalue weighted by Gasteiger charge is 2.20. The van der Waals surface area contributed by atoms with Crippen LogP contribution in [0.15, 0.2) is 12.4 Å². The molecule has 0 unspecified atom stereocenters. The van der Waals surface area contributed by atoms with Crippen LogP contribution >= 0.6 is 0 Å². The number of nitrogens with zero attached hydrogens (tertiary/aromatic N) is 4. The molecule has 8 N–H and O–H groups in total. The van der Waals surface area contributed by atoms with Gasteiger partial charge in [0.05, 0.1) is 11.4 Å². The molecule has 0 saturated carbocycles. The van der Waals surface area contributed by atoms with E-state index in [1.165, 1.54) is 0 Å². The first-order valence-corrected chi connectivity index (χ1v) is 11.6. The van der Waals surface area contributed by atoms with Crippen molar-refractivity contribution in [1.82, 2.24) is 19.8 Å². The smallest absolute Gasteiger partial charge is 0.0730 e. The number of aliphatic hydroxyl groups excluding tert-OH is 8. The van der Waals surface area contributed by atoms with Crippen molar-refractivity contribution in [2.24, 2.45) is 23.7 Å². The molecule has 1 aromatic rings. The monoisotopic (exact) mass is 490 g/mol. The number of aromatic nitrogens is 2. The van der Waals surface area contributed by atoms with E-state index < -0.39 is 0 Å². The van der Waals surface area contributed by atoms with E-state index in [2.05, 4.69) is 9.97 Å². The molecule has 0 aliphatic heterocycles. The summed E-state index contributed by atoms with van der Waals surface area (Å²) in [7, 11) is 0. The topological polar surface area (TPSA) is 194 Å². The molecule has 0 atom stereocenters. The standard InChI is InChI=1S/C22H42N4O8/c27-9-17(10-28)3-25(4-18(11-29)12-30)7-21-1-23-2-22(24-21)8-26(5-19(13-31)14-32)6-20(15-33)16-34/h1-2,17-20,27-34H,3-16H2. The summed E-state index contributed by atoms with van der Waals surface area (Å²) < 4.78 is 0. The zero-order valence-electron chi connectivity index (χ0n) is 19.7. The molecule has 1 rings (SSSR count). The van der Waals surface area contributed by atoms with E-state index in [1.807, 2.05) is 9.80 Å².